The zero-order chi connectivity index (χ0) is 41.7. The van der Waals surface area contributed by atoms with Gasteiger partial charge in [0, 0.05) is 33.6 Å². The van der Waals surface area contributed by atoms with Crippen molar-refractivity contribution in [1.29, 1.82) is 0 Å². The third-order valence-electron chi connectivity index (χ3n) is 13.0. The van der Waals surface area contributed by atoms with Gasteiger partial charge in [-0.3, -0.25) is 0 Å². The van der Waals surface area contributed by atoms with Gasteiger partial charge >= 0.3 is 0 Å². The second-order valence-corrected chi connectivity index (χ2v) is 16.4. The first-order valence-corrected chi connectivity index (χ1v) is 21.7. The Morgan fingerprint density at radius 2 is 0.794 bits per heavy atom. The molecule has 1 heterocycles. The van der Waals surface area contributed by atoms with E-state index < -0.39 is 5.41 Å². The van der Waals surface area contributed by atoms with Crippen LogP contribution in [0.3, 0.4) is 0 Å². The van der Waals surface area contributed by atoms with Crippen LogP contribution in [0.25, 0.3) is 66.4 Å². The predicted octanol–water partition coefficient (Wildman–Crippen LogP) is 16.4. The van der Waals surface area contributed by atoms with Gasteiger partial charge in [0.25, 0.3) is 0 Å². The normalized spacial score (nSPS) is 12.6. The first kappa shape index (κ1) is 36.6. The van der Waals surface area contributed by atoms with E-state index >= 15 is 0 Å². The highest BCUT2D eigenvalue weighted by molar-refractivity contribution is 5.98. The second-order valence-electron chi connectivity index (χ2n) is 16.4. The SMILES string of the molecule is c1ccc(-c2ccc(N(c3ccc(-c4ccc(-c5ccc6c(c5)C(c5ccccc5)(c5ccccc5)c5c-6oc6ccccc56)cc4)cc3)c3ccc4ccccc4c3)cc2)cc1. The number of anilines is 3. The quantitative estimate of drug-likeness (QED) is 0.152. The molecule has 0 saturated heterocycles. The molecule has 0 unspecified atom stereocenters. The lowest BCUT2D eigenvalue weighted by molar-refractivity contribution is 0.628. The first-order valence-electron chi connectivity index (χ1n) is 21.7. The Morgan fingerprint density at radius 1 is 0.333 bits per heavy atom. The van der Waals surface area contributed by atoms with Crippen LogP contribution in [0, 0.1) is 0 Å². The topological polar surface area (TPSA) is 16.4 Å². The molecule has 10 aromatic carbocycles. The Labute approximate surface area is 367 Å². The van der Waals surface area contributed by atoms with Gasteiger partial charge in [-0.2, -0.15) is 0 Å². The molecule has 0 fully saturated rings. The molecule has 1 aliphatic carbocycles. The van der Waals surface area contributed by atoms with Gasteiger partial charge in [-0.1, -0.05) is 200 Å². The number of hydrogen-bond donors (Lipinski definition) is 0. The van der Waals surface area contributed by atoms with Crippen LogP contribution in [0.5, 0.6) is 0 Å². The Balaban J connectivity index is 0.907. The Bertz CT molecular complexity index is 3370. The fraction of sp³-hybridized carbons (Fsp3) is 0.0164. The van der Waals surface area contributed by atoms with Crippen LogP contribution >= 0.6 is 0 Å². The summed E-state index contributed by atoms with van der Waals surface area (Å²) < 4.78 is 6.75. The number of rotatable bonds is 8. The second kappa shape index (κ2) is 15.1. The van der Waals surface area contributed by atoms with Crippen molar-refractivity contribution in [2.24, 2.45) is 0 Å². The lowest BCUT2D eigenvalue weighted by Crippen LogP contribution is -2.28. The Morgan fingerprint density at radius 3 is 1.41 bits per heavy atom. The summed E-state index contributed by atoms with van der Waals surface area (Å²) in [5, 5.41) is 3.59. The van der Waals surface area contributed by atoms with Crippen molar-refractivity contribution in [3.05, 3.63) is 271 Å². The van der Waals surface area contributed by atoms with Gasteiger partial charge in [0.2, 0.25) is 0 Å². The number of benzene rings is 10. The van der Waals surface area contributed by atoms with E-state index in [9.17, 15) is 0 Å². The van der Waals surface area contributed by atoms with Crippen LogP contribution in [-0.4, -0.2) is 0 Å². The Kier molecular flexibility index (Phi) is 8.76. The molecule has 12 rings (SSSR count). The van der Waals surface area contributed by atoms with Gasteiger partial charge in [0.1, 0.15) is 11.3 Å². The molecular weight excluding hydrogens is 763 g/mol. The summed E-state index contributed by atoms with van der Waals surface area (Å²) in [6.45, 7) is 0. The molecule has 0 atom stereocenters. The smallest absolute Gasteiger partial charge is 0.140 e. The number of hydrogen-bond acceptors (Lipinski definition) is 2. The summed E-state index contributed by atoms with van der Waals surface area (Å²) in [7, 11) is 0. The molecule has 0 N–H and O–H groups in total. The fourth-order valence-electron chi connectivity index (χ4n) is 9.97. The number of para-hydroxylation sites is 1. The van der Waals surface area contributed by atoms with Crippen molar-refractivity contribution in [1.82, 2.24) is 0 Å². The van der Waals surface area contributed by atoms with Crippen LogP contribution in [0.1, 0.15) is 22.3 Å². The number of fused-ring (bicyclic) bond motifs is 6. The minimum absolute atomic E-state index is 0.553. The van der Waals surface area contributed by atoms with Gasteiger partial charge in [-0.25, -0.2) is 0 Å². The van der Waals surface area contributed by atoms with Gasteiger partial charge in [-0.05, 0) is 109 Å². The average molecular weight is 804 g/mol. The standard InChI is InChI=1S/C61H41NO/c1-4-14-42(15-5-1)45-28-34-52(35-29-45)62(54-38-32-43-16-10-11-17-48(43)40-54)53-36-30-46(31-37-53)44-24-26-47(27-25-44)49-33-39-55-57(41-49)61(50-18-6-2-7-19-50,51-20-8-3-9-21-51)59-56-22-12-13-23-58(56)63-60(55)59/h1-41H. The average Bonchev–Trinajstić information content (AvgIpc) is 3.89. The van der Waals surface area contributed by atoms with Gasteiger partial charge in [0.05, 0.1) is 5.41 Å². The van der Waals surface area contributed by atoms with Crippen LogP contribution in [0.15, 0.2) is 253 Å². The molecule has 0 bridgehead atoms. The minimum atomic E-state index is -0.553. The maximum absolute atomic E-state index is 6.75. The molecular formula is C61H41NO. The zero-order valence-electron chi connectivity index (χ0n) is 34.5. The highest BCUT2D eigenvalue weighted by Crippen LogP contribution is 2.59. The molecule has 0 aliphatic heterocycles. The summed E-state index contributed by atoms with van der Waals surface area (Å²) in [5.41, 5.74) is 16.8. The van der Waals surface area contributed by atoms with Gasteiger partial charge < -0.3 is 9.32 Å². The maximum Gasteiger partial charge on any atom is 0.140 e. The monoisotopic (exact) mass is 803 g/mol. The molecule has 1 aromatic heterocycles. The highest BCUT2D eigenvalue weighted by atomic mass is 16.3. The summed E-state index contributed by atoms with van der Waals surface area (Å²) in [6, 6.07) is 90.0. The van der Waals surface area contributed by atoms with Crippen LogP contribution in [0.2, 0.25) is 0 Å². The van der Waals surface area contributed by atoms with E-state index in [2.05, 4.69) is 254 Å². The molecule has 0 radical (unpaired) electrons. The molecule has 0 amide bonds. The lowest BCUT2D eigenvalue weighted by Gasteiger charge is -2.33. The highest BCUT2D eigenvalue weighted by Gasteiger charge is 2.49. The van der Waals surface area contributed by atoms with Crippen LogP contribution in [0.4, 0.5) is 17.1 Å². The van der Waals surface area contributed by atoms with Crippen molar-refractivity contribution in [3.8, 4) is 44.7 Å². The van der Waals surface area contributed by atoms with E-state index in [4.69, 9.17) is 4.42 Å². The summed E-state index contributed by atoms with van der Waals surface area (Å²) >= 11 is 0. The molecule has 0 saturated carbocycles. The van der Waals surface area contributed by atoms with Crippen molar-refractivity contribution < 1.29 is 4.42 Å². The van der Waals surface area contributed by atoms with Crippen molar-refractivity contribution in [3.63, 3.8) is 0 Å². The van der Waals surface area contributed by atoms with Gasteiger partial charge in [-0.15, -0.1) is 0 Å². The van der Waals surface area contributed by atoms with E-state index in [1.807, 2.05) is 0 Å². The van der Waals surface area contributed by atoms with Crippen molar-refractivity contribution in [2.75, 3.05) is 4.90 Å². The third-order valence-corrected chi connectivity index (χ3v) is 13.0. The summed E-state index contributed by atoms with van der Waals surface area (Å²) in [5.74, 6) is 0.952. The van der Waals surface area contributed by atoms with E-state index in [1.54, 1.807) is 0 Å². The van der Waals surface area contributed by atoms with E-state index in [0.717, 1.165) is 39.4 Å². The van der Waals surface area contributed by atoms with Gasteiger partial charge in [0.15, 0.2) is 0 Å². The predicted molar refractivity (Wildman–Crippen MR) is 262 cm³/mol. The summed E-state index contributed by atoms with van der Waals surface area (Å²) in [6.07, 6.45) is 0. The van der Waals surface area contributed by atoms with E-state index in [1.165, 1.54) is 66.4 Å². The van der Waals surface area contributed by atoms with Crippen molar-refractivity contribution in [2.45, 2.75) is 5.41 Å². The first-order chi connectivity index (χ1) is 31.2. The summed E-state index contributed by atoms with van der Waals surface area (Å²) in [4.78, 5) is 2.35. The lowest BCUT2D eigenvalue weighted by atomic mass is 9.67. The fourth-order valence-corrected chi connectivity index (χ4v) is 9.97. The van der Waals surface area contributed by atoms with E-state index in [0.29, 0.717) is 0 Å². The number of furan rings is 1. The van der Waals surface area contributed by atoms with Crippen molar-refractivity contribution >= 4 is 38.8 Å². The third kappa shape index (κ3) is 6.10. The molecule has 2 nitrogen and oxygen atoms in total. The van der Waals surface area contributed by atoms with Crippen LogP contribution < -0.4 is 4.90 Å². The Hall–Kier alpha value is -8.20. The van der Waals surface area contributed by atoms with Crippen LogP contribution in [-0.2, 0) is 5.41 Å². The molecule has 296 valence electrons. The molecule has 0 spiro atoms. The molecule has 2 heteroatoms. The molecule has 11 aromatic rings. The number of nitrogens with zero attached hydrogens (tertiary/aromatic N) is 1. The largest absolute Gasteiger partial charge is 0.456 e. The molecule has 63 heavy (non-hydrogen) atoms. The molecule has 1 aliphatic rings. The van der Waals surface area contributed by atoms with E-state index in [-0.39, 0.29) is 0 Å². The zero-order valence-corrected chi connectivity index (χ0v) is 34.5. The minimum Gasteiger partial charge on any atom is -0.456 e. The maximum atomic E-state index is 6.75.